The first-order valence-electron chi connectivity index (χ1n) is 9.09. The maximum Gasteiger partial charge on any atom is 0.250 e. The van der Waals surface area contributed by atoms with Gasteiger partial charge in [0.1, 0.15) is 11.6 Å². The number of amides is 1. The number of pyridine rings is 1. The van der Waals surface area contributed by atoms with Crippen LogP contribution in [0.25, 0.3) is 0 Å². The zero-order valence-electron chi connectivity index (χ0n) is 15.0. The second-order valence-corrected chi connectivity index (χ2v) is 8.45. The Kier molecular flexibility index (Phi) is 4.67. The van der Waals surface area contributed by atoms with Gasteiger partial charge in [0.05, 0.1) is 6.54 Å². The van der Waals surface area contributed by atoms with E-state index in [4.69, 9.17) is 0 Å². The van der Waals surface area contributed by atoms with E-state index in [-0.39, 0.29) is 18.0 Å². The van der Waals surface area contributed by atoms with Gasteiger partial charge in [-0.1, -0.05) is 6.07 Å². The first-order valence-corrected chi connectivity index (χ1v) is 9.97. The molecule has 1 amide bonds. The molecule has 1 spiro atoms. The SMILES string of the molecule is CN(Cc1nccs1)[C@@H]1CC12CCN(C(=O)Cn1ccccc1=O)CC2. The topological polar surface area (TPSA) is 58.4 Å². The third-order valence-corrected chi connectivity index (χ3v) is 6.63. The van der Waals surface area contributed by atoms with E-state index in [0.29, 0.717) is 11.5 Å². The quantitative estimate of drug-likeness (QED) is 0.803. The number of rotatable bonds is 5. The standard InChI is InChI=1S/C19H24N4O2S/c1-21(13-16-20-7-11-26-16)15-12-19(15)5-9-22(10-6-19)18(25)14-23-8-3-2-4-17(23)24/h2-4,7-8,11,15H,5-6,9-10,12-14H2,1H3/t15-/m1/s1. The van der Waals surface area contributed by atoms with Gasteiger partial charge in [0, 0.05) is 43.0 Å². The minimum absolute atomic E-state index is 0.0430. The van der Waals surface area contributed by atoms with Gasteiger partial charge in [-0.3, -0.25) is 14.5 Å². The molecule has 1 atom stereocenters. The van der Waals surface area contributed by atoms with E-state index in [9.17, 15) is 9.59 Å². The van der Waals surface area contributed by atoms with Crippen LogP contribution in [0.4, 0.5) is 0 Å². The summed E-state index contributed by atoms with van der Waals surface area (Å²) in [6, 6.07) is 5.57. The lowest BCUT2D eigenvalue weighted by Gasteiger charge is -2.34. The van der Waals surface area contributed by atoms with Crippen molar-refractivity contribution in [2.45, 2.75) is 38.4 Å². The lowest BCUT2D eigenvalue weighted by atomic mass is 9.92. The van der Waals surface area contributed by atoms with Gasteiger partial charge in [0.15, 0.2) is 0 Å². The van der Waals surface area contributed by atoms with E-state index < -0.39 is 0 Å². The summed E-state index contributed by atoms with van der Waals surface area (Å²) >= 11 is 1.70. The number of thiazole rings is 1. The second kappa shape index (κ2) is 6.96. The van der Waals surface area contributed by atoms with Crippen molar-refractivity contribution in [1.82, 2.24) is 19.4 Å². The lowest BCUT2D eigenvalue weighted by Crippen LogP contribution is -2.43. The number of nitrogens with zero attached hydrogens (tertiary/aromatic N) is 4. The van der Waals surface area contributed by atoms with Crippen LogP contribution in [0.1, 0.15) is 24.3 Å². The second-order valence-electron chi connectivity index (χ2n) is 7.47. The van der Waals surface area contributed by atoms with Gasteiger partial charge in [-0.2, -0.15) is 0 Å². The van der Waals surface area contributed by atoms with Crippen molar-refractivity contribution < 1.29 is 4.79 Å². The van der Waals surface area contributed by atoms with E-state index in [1.807, 2.05) is 16.5 Å². The molecule has 1 saturated heterocycles. The predicted molar refractivity (Wildman–Crippen MR) is 101 cm³/mol. The largest absolute Gasteiger partial charge is 0.341 e. The summed E-state index contributed by atoms with van der Waals surface area (Å²) in [4.78, 5) is 33.0. The maximum atomic E-state index is 12.5. The molecular formula is C19H24N4O2S. The summed E-state index contributed by atoms with van der Waals surface area (Å²) in [5.74, 6) is 0.0430. The first kappa shape index (κ1) is 17.4. The smallest absolute Gasteiger partial charge is 0.250 e. The van der Waals surface area contributed by atoms with Crippen LogP contribution in [-0.2, 0) is 17.9 Å². The summed E-state index contributed by atoms with van der Waals surface area (Å²) in [6.45, 7) is 2.63. The number of carbonyl (C=O) groups is 1. The van der Waals surface area contributed by atoms with Crippen molar-refractivity contribution in [2.75, 3.05) is 20.1 Å². The highest BCUT2D eigenvalue weighted by atomic mass is 32.1. The molecule has 0 radical (unpaired) electrons. The Labute approximate surface area is 157 Å². The van der Waals surface area contributed by atoms with Crippen LogP contribution >= 0.6 is 11.3 Å². The van der Waals surface area contributed by atoms with Crippen LogP contribution < -0.4 is 5.56 Å². The number of carbonyl (C=O) groups excluding carboxylic acids is 1. The molecule has 4 rings (SSSR count). The van der Waals surface area contributed by atoms with Crippen molar-refractivity contribution in [3.63, 3.8) is 0 Å². The molecule has 26 heavy (non-hydrogen) atoms. The molecule has 0 bridgehead atoms. The van der Waals surface area contributed by atoms with Crippen molar-refractivity contribution >= 4 is 17.2 Å². The minimum Gasteiger partial charge on any atom is -0.341 e. The fraction of sp³-hybridized carbons (Fsp3) is 0.526. The fourth-order valence-electron chi connectivity index (χ4n) is 4.18. The van der Waals surface area contributed by atoms with Crippen molar-refractivity contribution in [1.29, 1.82) is 0 Å². The van der Waals surface area contributed by atoms with Crippen LogP contribution in [0.3, 0.4) is 0 Å². The Morgan fingerprint density at radius 1 is 1.38 bits per heavy atom. The Balaban J connectivity index is 1.30. The van der Waals surface area contributed by atoms with E-state index in [1.54, 1.807) is 29.7 Å². The van der Waals surface area contributed by atoms with Gasteiger partial charge in [-0.15, -0.1) is 11.3 Å². The van der Waals surface area contributed by atoms with Gasteiger partial charge >= 0.3 is 0 Å². The number of hydrogen-bond acceptors (Lipinski definition) is 5. The molecule has 3 heterocycles. The monoisotopic (exact) mass is 372 g/mol. The molecule has 1 aliphatic heterocycles. The highest BCUT2D eigenvalue weighted by Crippen LogP contribution is 2.56. The van der Waals surface area contributed by atoms with Crippen LogP contribution in [-0.4, -0.2) is 51.4 Å². The van der Waals surface area contributed by atoms with Crippen molar-refractivity contribution in [3.8, 4) is 0 Å². The number of likely N-dealkylation sites (tertiary alicyclic amines) is 1. The van der Waals surface area contributed by atoms with Gasteiger partial charge < -0.3 is 9.47 Å². The molecule has 0 aromatic carbocycles. The summed E-state index contributed by atoms with van der Waals surface area (Å²) in [5.41, 5.74) is 0.243. The van der Waals surface area contributed by atoms with Crippen molar-refractivity contribution in [3.05, 3.63) is 51.3 Å². The van der Waals surface area contributed by atoms with Gasteiger partial charge in [-0.25, -0.2) is 4.98 Å². The van der Waals surface area contributed by atoms with Gasteiger partial charge in [0.2, 0.25) is 5.91 Å². The van der Waals surface area contributed by atoms with E-state index in [1.165, 1.54) is 17.1 Å². The molecule has 2 aromatic rings. The summed E-state index contributed by atoms with van der Waals surface area (Å²) in [7, 11) is 2.18. The summed E-state index contributed by atoms with van der Waals surface area (Å²) < 4.78 is 1.48. The molecule has 0 N–H and O–H groups in total. The van der Waals surface area contributed by atoms with Crippen LogP contribution in [0.2, 0.25) is 0 Å². The number of piperidine rings is 1. The molecular weight excluding hydrogens is 348 g/mol. The summed E-state index contributed by atoms with van der Waals surface area (Å²) in [6.07, 6.45) is 6.86. The van der Waals surface area contributed by atoms with E-state index >= 15 is 0 Å². The Hall–Kier alpha value is -1.99. The van der Waals surface area contributed by atoms with Crippen LogP contribution in [0.5, 0.6) is 0 Å². The van der Waals surface area contributed by atoms with E-state index in [2.05, 4.69) is 16.9 Å². The minimum atomic E-state index is -0.125. The Morgan fingerprint density at radius 3 is 2.88 bits per heavy atom. The third-order valence-electron chi connectivity index (χ3n) is 5.86. The first-order chi connectivity index (χ1) is 12.6. The number of aromatic nitrogens is 2. The molecule has 2 fully saturated rings. The molecule has 1 saturated carbocycles. The Morgan fingerprint density at radius 2 is 2.19 bits per heavy atom. The third kappa shape index (κ3) is 3.46. The Bertz CT molecular complexity index is 824. The molecule has 2 aromatic heterocycles. The van der Waals surface area contributed by atoms with E-state index in [0.717, 1.165) is 37.5 Å². The zero-order valence-corrected chi connectivity index (χ0v) is 15.8. The molecule has 0 unspecified atom stereocenters. The molecule has 6 nitrogen and oxygen atoms in total. The molecule has 7 heteroatoms. The highest BCUT2D eigenvalue weighted by molar-refractivity contribution is 7.09. The van der Waals surface area contributed by atoms with Crippen molar-refractivity contribution in [2.24, 2.45) is 5.41 Å². The van der Waals surface area contributed by atoms with Gasteiger partial charge in [0.25, 0.3) is 5.56 Å². The predicted octanol–water partition coefficient (Wildman–Crippen LogP) is 1.82. The zero-order chi connectivity index (χ0) is 18.1. The number of hydrogen-bond donors (Lipinski definition) is 0. The average Bonchev–Trinajstić information content (AvgIpc) is 3.09. The lowest BCUT2D eigenvalue weighted by molar-refractivity contribution is -0.133. The highest BCUT2D eigenvalue weighted by Gasteiger charge is 2.56. The molecule has 138 valence electrons. The van der Waals surface area contributed by atoms with Crippen LogP contribution in [0.15, 0.2) is 40.8 Å². The normalized spacial score (nSPS) is 21.3. The maximum absolute atomic E-state index is 12.5. The average molecular weight is 372 g/mol. The van der Waals surface area contributed by atoms with Gasteiger partial charge in [-0.05, 0) is 37.8 Å². The molecule has 2 aliphatic rings. The molecule has 1 aliphatic carbocycles. The van der Waals surface area contributed by atoms with Crippen LogP contribution in [0, 0.1) is 5.41 Å². The fourth-order valence-corrected chi connectivity index (χ4v) is 4.86. The summed E-state index contributed by atoms with van der Waals surface area (Å²) in [5, 5.41) is 3.18.